The molecule has 0 bridgehead atoms. The minimum absolute atomic E-state index is 0.0689. The minimum atomic E-state index is -4.64. The van der Waals surface area contributed by atoms with Crippen molar-refractivity contribution in [2.75, 3.05) is 0 Å². The van der Waals surface area contributed by atoms with Gasteiger partial charge in [-0.05, 0) is 96.8 Å². The highest BCUT2D eigenvalue weighted by Crippen LogP contribution is 2.52. The Bertz CT molecular complexity index is 1580. The Kier molecular flexibility index (Phi) is 10.6. The molecule has 0 aliphatic carbocycles. The molecule has 0 saturated heterocycles. The van der Waals surface area contributed by atoms with Crippen molar-refractivity contribution in [2.45, 2.75) is 139 Å². The van der Waals surface area contributed by atoms with E-state index in [2.05, 4.69) is 152 Å². The van der Waals surface area contributed by atoms with Crippen molar-refractivity contribution in [1.82, 2.24) is 0 Å². The molecule has 46 heavy (non-hydrogen) atoms. The van der Waals surface area contributed by atoms with Gasteiger partial charge < -0.3 is 9.79 Å². The maximum atomic E-state index is 13.4. The van der Waals surface area contributed by atoms with E-state index in [-0.39, 0.29) is 32.4 Å². The second kappa shape index (κ2) is 12.7. The van der Waals surface area contributed by atoms with Gasteiger partial charge in [0.25, 0.3) is 0 Å². The predicted molar refractivity (Wildman–Crippen MR) is 200 cm³/mol. The molecule has 0 amide bonds. The molecule has 0 heterocycles. The lowest BCUT2D eigenvalue weighted by atomic mass is 9.66. The summed E-state index contributed by atoms with van der Waals surface area (Å²) in [5, 5.41) is 0.135. The second-order valence-electron chi connectivity index (χ2n) is 19.4. The predicted octanol–water partition coefficient (Wildman–Crippen LogP) is 12.0. The Morgan fingerprint density at radius 2 is 0.848 bits per heavy atom. The maximum Gasteiger partial charge on any atom is 0.356 e. The van der Waals surface area contributed by atoms with Gasteiger partial charge in [-0.3, -0.25) is 4.57 Å². The molecule has 3 nitrogen and oxygen atoms in total. The number of rotatable bonds is 9. The van der Waals surface area contributed by atoms with E-state index in [1.165, 1.54) is 11.1 Å². The van der Waals surface area contributed by atoms with Crippen molar-refractivity contribution in [1.29, 1.82) is 0 Å². The van der Waals surface area contributed by atoms with E-state index < -0.39 is 13.0 Å². The van der Waals surface area contributed by atoms with Crippen molar-refractivity contribution in [3.05, 3.63) is 77.4 Å². The summed E-state index contributed by atoms with van der Waals surface area (Å²) in [4.78, 5) is 21.9. The lowest BCUT2D eigenvalue weighted by molar-refractivity contribution is 0.282. The van der Waals surface area contributed by atoms with Gasteiger partial charge in [0, 0.05) is 0 Å². The molecule has 0 atom stereocenters. The van der Waals surface area contributed by atoms with Crippen molar-refractivity contribution in [3.63, 3.8) is 0 Å². The Balaban J connectivity index is 2.66. The molecule has 2 N–H and O–H groups in total. The van der Waals surface area contributed by atoms with Gasteiger partial charge in [-0.1, -0.05) is 158 Å². The molecule has 3 aromatic carbocycles. The van der Waals surface area contributed by atoms with Crippen LogP contribution in [-0.4, -0.2) is 9.79 Å². The van der Waals surface area contributed by atoms with Crippen molar-refractivity contribution < 1.29 is 14.4 Å². The molecule has 0 aliphatic rings. The molecule has 0 aliphatic heterocycles. The second-order valence-corrected chi connectivity index (χ2v) is 21.0. The molecule has 3 rings (SSSR count). The van der Waals surface area contributed by atoms with E-state index in [1.54, 1.807) is 6.07 Å². The first-order chi connectivity index (χ1) is 20.6. The van der Waals surface area contributed by atoms with E-state index in [4.69, 9.17) is 0 Å². The Hall–Kier alpha value is -2.19. The summed E-state index contributed by atoms with van der Waals surface area (Å²) in [5.74, 6) is 0. The molecule has 0 fully saturated rings. The highest BCUT2D eigenvalue weighted by molar-refractivity contribution is 7.60. The summed E-state index contributed by atoms with van der Waals surface area (Å²) in [7, 11) is -4.64. The van der Waals surface area contributed by atoms with Gasteiger partial charge in [0.1, 0.15) is 0 Å². The van der Waals surface area contributed by atoms with Gasteiger partial charge in [-0.15, -0.1) is 0 Å². The summed E-state index contributed by atoms with van der Waals surface area (Å²) in [6, 6.07) is 21.0. The summed E-state index contributed by atoms with van der Waals surface area (Å²) in [5.41, 5.74) is 6.64. The van der Waals surface area contributed by atoms with Crippen LogP contribution in [0.15, 0.2) is 60.7 Å². The molecular formula is C42H63O3P. The molecular weight excluding hydrogens is 583 g/mol. The van der Waals surface area contributed by atoms with Crippen LogP contribution < -0.4 is 5.30 Å². The smallest absolute Gasteiger partial charge is 0.321 e. The molecule has 0 saturated carbocycles. The summed E-state index contributed by atoms with van der Waals surface area (Å²) >= 11 is 0. The van der Waals surface area contributed by atoms with Crippen LogP contribution in [0.1, 0.15) is 140 Å². The fourth-order valence-corrected chi connectivity index (χ4v) is 9.85. The first-order valence-electron chi connectivity index (χ1n) is 17.0. The molecule has 3 aromatic rings. The van der Waals surface area contributed by atoms with E-state index in [9.17, 15) is 14.4 Å². The van der Waals surface area contributed by atoms with Gasteiger partial charge in [0.05, 0.1) is 5.30 Å². The zero-order valence-corrected chi connectivity index (χ0v) is 32.5. The Labute approximate surface area is 281 Å². The number of hydrogen-bond acceptors (Lipinski definition) is 1. The van der Waals surface area contributed by atoms with Crippen LogP contribution in [0.4, 0.5) is 0 Å². The van der Waals surface area contributed by atoms with E-state index in [1.807, 2.05) is 6.07 Å². The zero-order chi connectivity index (χ0) is 35.3. The monoisotopic (exact) mass is 646 g/mol. The zero-order valence-electron chi connectivity index (χ0n) is 31.6. The molecule has 254 valence electrons. The van der Waals surface area contributed by atoms with Gasteiger partial charge in [-0.2, -0.15) is 0 Å². The van der Waals surface area contributed by atoms with Gasteiger partial charge in [0.2, 0.25) is 0 Å². The number of benzene rings is 3. The van der Waals surface area contributed by atoms with Crippen molar-refractivity contribution in [2.24, 2.45) is 16.2 Å². The quantitative estimate of drug-likeness (QED) is 0.227. The largest absolute Gasteiger partial charge is 0.356 e. The van der Waals surface area contributed by atoms with Gasteiger partial charge >= 0.3 is 7.60 Å². The van der Waals surface area contributed by atoms with Crippen LogP contribution in [0.5, 0.6) is 0 Å². The third-order valence-corrected chi connectivity index (χ3v) is 9.96. The SMILES string of the molecule is CC(C)(C)CC(C)(C)c1ccccc1-c1ccc(P(=O)(O)O)c(C(C)(C)CC(C)(C)C)c1-c1ccccc1C(C)(C)CC(C)(C)C. The van der Waals surface area contributed by atoms with E-state index in [0.29, 0.717) is 0 Å². The number of hydrogen-bond donors (Lipinski definition) is 2. The fraction of sp³-hybridized carbons (Fsp3) is 0.571. The van der Waals surface area contributed by atoms with Crippen molar-refractivity contribution in [3.8, 4) is 22.3 Å². The highest BCUT2D eigenvalue weighted by atomic mass is 31.2. The summed E-state index contributed by atoms with van der Waals surface area (Å²) < 4.78 is 13.4. The van der Waals surface area contributed by atoms with Gasteiger partial charge in [-0.25, -0.2) is 0 Å². The molecule has 4 heteroatoms. The van der Waals surface area contributed by atoms with Gasteiger partial charge in [0.15, 0.2) is 0 Å². The first-order valence-corrected chi connectivity index (χ1v) is 18.6. The first kappa shape index (κ1) is 38.3. The Morgan fingerprint density at radius 3 is 1.26 bits per heavy atom. The Morgan fingerprint density at radius 1 is 0.478 bits per heavy atom. The fourth-order valence-electron chi connectivity index (χ4n) is 8.88. The average Bonchev–Trinajstić information content (AvgIpc) is 2.83. The van der Waals surface area contributed by atoms with Crippen LogP contribution in [0.2, 0.25) is 0 Å². The lowest BCUT2D eigenvalue weighted by Crippen LogP contribution is -2.32. The van der Waals surface area contributed by atoms with Crippen molar-refractivity contribution >= 4 is 12.9 Å². The summed E-state index contributed by atoms with van der Waals surface area (Å²) in [6.45, 7) is 33.9. The van der Waals surface area contributed by atoms with Crippen LogP contribution in [0, 0.1) is 16.2 Å². The highest BCUT2D eigenvalue weighted by Gasteiger charge is 2.40. The van der Waals surface area contributed by atoms with Crippen LogP contribution in [0.25, 0.3) is 22.3 Å². The van der Waals surface area contributed by atoms with Crippen LogP contribution >= 0.6 is 7.60 Å². The van der Waals surface area contributed by atoms with Crippen LogP contribution in [0.3, 0.4) is 0 Å². The maximum absolute atomic E-state index is 13.4. The average molecular weight is 647 g/mol. The molecule has 0 radical (unpaired) electrons. The third kappa shape index (κ3) is 9.24. The normalized spacial score (nSPS) is 14.1. The summed E-state index contributed by atoms with van der Waals surface area (Å²) in [6.07, 6.45) is 2.71. The lowest BCUT2D eigenvalue weighted by Gasteiger charge is -2.39. The standard InChI is InChI=1S/C42H63O3P/c1-37(2,3)26-40(10,11)32-22-18-16-20-29(32)30-24-25-34(46(43,44)45)36(42(14,15)28-39(7,8)9)35(30)31-21-17-19-23-33(31)41(12,13)27-38(4,5)6/h16-25H,26-28H2,1-15H3,(H2,43,44,45). The van der Waals surface area contributed by atoms with Crippen LogP contribution in [-0.2, 0) is 20.8 Å². The topological polar surface area (TPSA) is 57.5 Å². The molecule has 0 unspecified atom stereocenters. The van der Waals surface area contributed by atoms with E-state index >= 15 is 0 Å². The van der Waals surface area contributed by atoms with E-state index in [0.717, 1.165) is 47.1 Å². The molecule has 0 aromatic heterocycles. The third-order valence-electron chi connectivity index (χ3n) is 8.96. The minimum Gasteiger partial charge on any atom is -0.321 e. The molecule has 0 spiro atoms.